The Balaban J connectivity index is 1.86. The molecule has 3 nitrogen and oxygen atoms in total. The molecule has 1 fully saturated rings. The first-order valence-electron chi connectivity index (χ1n) is 7.81. The summed E-state index contributed by atoms with van der Waals surface area (Å²) in [6.07, 6.45) is 7.07. The van der Waals surface area contributed by atoms with E-state index in [2.05, 4.69) is 30.1 Å². The average molecular weight is 264 g/mol. The Morgan fingerprint density at radius 1 is 1.42 bits per heavy atom. The molecule has 2 rings (SSSR count). The smallest absolute Gasteiger partial charge is 0.122 e. The van der Waals surface area contributed by atoms with E-state index in [0.717, 1.165) is 31.3 Å². The Kier molecular flexibility index (Phi) is 5.93. The first kappa shape index (κ1) is 14.6. The standard InChI is InChI=1S/C16H28N2O/c1-3-8-17-11-16-15(7-10-19-16)13-18-9-5-6-14(4-2)12-18/h7,10,14,17H,3-6,8-9,11-13H2,1-2H3. The van der Waals surface area contributed by atoms with Crippen molar-refractivity contribution in [2.75, 3.05) is 19.6 Å². The SMILES string of the molecule is CCCNCc1occc1CN1CCCC(CC)C1. The topological polar surface area (TPSA) is 28.4 Å². The van der Waals surface area contributed by atoms with Crippen molar-refractivity contribution in [2.24, 2.45) is 5.92 Å². The van der Waals surface area contributed by atoms with Gasteiger partial charge < -0.3 is 9.73 Å². The van der Waals surface area contributed by atoms with Crippen LogP contribution >= 0.6 is 0 Å². The molecule has 19 heavy (non-hydrogen) atoms. The lowest BCUT2D eigenvalue weighted by Crippen LogP contribution is -2.34. The molecule has 3 heteroatoms. The van der Waals surface area contributed by atoms with Crippen molar-refractivity contribution in [2.45, 2.75) is 52.6 Å². The van der Waals surface area contributed by atoms with Crippen LogP contribution in [0.3, 0.4) is 0 Å². The first-order valence-corrected chi connectivity index (χ1v) is 7.81. The Bertz CT molecular complexity index is 361. The zero-order valence-electron chi connectivity index (χ0n) is 12.5. The molecule has 0 aromatic carbocycles. The summed E-state index contributed by atoms with van der Waals surface area (Å²) in [6.45, 7) is 9.97. The van der Waals surface area contributed by atoms with Crippen molar-refractivity contribution in [1.29, 1.82) is 0 Å². The third-order valence-electron chi connectivity index (χ3n) is 4.12. The highest BCUT2D eigenvalue weighted by atomic mass is 16.3. The number of piperidine rings is 1. The molecule has 0 spiro atoms. The minimum atomic E-state index is 0.862. The van der Waals surface area contributed by atoms with Crippen molar-refractivity contribution >= 4 is 0 Å². The van der Waals surface area contributed by atoms with Crippen LogP contribution in [0, 0.1) is 5.92 Å². The van der Waals surface area contributed by atoms with E-state index in [1.807, 2.05) is 6.26 Å². The molecule has 0 saturated carbocycles. The summed E-state index contributed by atoms with van der Waals surface area (Å²) in [5.41, 5.74) is 1.36. The van der Waals surface area contributed by atoms with Gasteiger partial charge in [0.25, 0.3) is 0 Å². The second-order valence-corrected chi connectivity index (χ2v) is 5.70. The van der Waals surface area contributed by atoms with Crippen LogP contribution in [0.25, 0.3) is 0 Å². The van der Waals surface area contributed by atoms with Crippen molar-refractivity contribution in [3.8, 4) is 0 Å². The maximum atomic E-state index is 5.62. The van der Waals surface area contributed by atoms with Gasteiger partial charge in [-0.25, -0.2) is 0 Å². The van der Waals surface area contributed by atoms with E-state index < -0.39 is 0 Å². The molecule has 0 radical (unpaired) electrons. The largest absolute Gasteiger partial charge is 0.468 e. The van der Waals surface area contributed by atoms with Gasteiger partial charge >= 0.3 is 0 Å². The van der Waals surface area contributed by atoms with Crippen LogP contribution < -0.4 is 5.32 Å². The van der Waals surface area contributed by atoms with Crippen molar-refractivity contribution in [3.63, 3.8) is 0 Å². The summed E-state index contributed by atoms with van der Waals surface area (Å²) < 4.78 is 5.62. The van der Waals surface area contributed by atoms with Crippen molar-refractivity contribution < 1.29 is 4.42 Å². The third kappa shape index (κ3) is 4.36. The van der Waals surface area contributed by atoms with Gasteiger partial charge in [-0.2, -0.15) is 0 Å². The maximum Gasteiger partial charge on any atom is 0.122 e. The van der Waals surface area contributed by atoms with Gasteiger partial charge in [0.1, 0.15) is 5.76 Å². The van der Waals surface area contributed by atoms with Crippen molar-refractivity contribution in [1.82, 2.24) is 10.2 Å². The monoisotopic (exact) mass is 264 g/mol. The van der Waals surface area contributed by atoms with Crippen molar-refractivity contribution in [3.05, 3.63) is 23.7 Å². The molecular weight excluding hydrogens is 236 g/mol. The zero-order valence-corrected chi connectivity index (χ0v) is 12.5. The van der Waals surface area contributed by atoms with Gasteiger partial charge in [-0.1, -0.05) is 20.3 Å². The Hall–Kier alpha value is -0.800. The molecule has 1 saturated heterocycles. The molecule has 1 aromatic rings. The summed E-state index contributed by atoms with van der Waals surface area (Å²) in [5, 5.41) is 3.42. The predicted octanol–water partition coefficient (Wildman–Crippen LogP) is 3.40. The van der Waals surface area contributed by atoms with Gasteiger partial charge in [-0.3, -0.25) is 4.90 Å². The lowest BCUT2D eigenvalue weighted by atomic mass is 9.95. The molecule has 0 aliphatic carbocycles. The van der Waals surface area contributed by atoms with Crippen LogP contribution in [0.1, 0.15) is 50.9 Å². The molecule has 1 aliphatic rings. The summed E-state index contributed by atoms with van der Waals surface area (Å²) in [4.78, 5) is 2.59. The second kappa shape index (κ2) is 7.71. The van der Waals surface area contributed by atoms with E-state index in [0.29, 0.717) is 0 Å². The fourth-order valence-corrected chi connectivity index (χ4v) is 2.91. The Labute approximate surface area is 117 Å². The minimum absolute atomic E-state index is 0.862. The van der Waals surface area contributed by atoms with Crippen LogP contribution in [0.15, 0.2) is 16.7 Å². The quantitative estimate of drug-likeness (QED) is 0.765. The molecule has 1 N–H and O–H groups in total. The highest BCUT2D eigenvalue weighted by Gasteiger charge is 2.19. The normalized spacial score (nSPS) is 20.8. The lowest BCUT2D eigenvalue weighted by molar-refractivity contribution is 0.164. The first-order chi connectivity index (χ1) is 9.33. The van der Waals surface area contributed by atoms with Gasteiger partial charge in [0.05, 0.1) is 12.8 Å². The van der Waals surface area contributed by atoms with Crippen LogP contribution in [0.2, 0.25) is 0 Å². The molecule has 0 bridgehead atoms. The summed E-state index contributed by atoms with van der Waals surface area (Å²) in [5.74, 6) is 2.01. The Morgan fingerprint density at radius 2 is 2.32 bits per heavy atom. The maximum absolute atomic E-state index is 5.62. The van der Waals surface area contributed by atoms with E-state index in [-0.39, 0.29) is 0 Å². The highest BCUT2D eigenvalue weighted by molar-refractivity contribution is 5.17. The van der Waals surface area contributed by atoms with Gasteiger partial charge in [-0.15, -0.1) is 0 Å². The molecule has 0 amide bonds. The zero-order chi connectivity index (χ0) is 13.5. The lowest BCUT2D eigenvalue weighted by Gasteiger charge is -2.32. The van der Waals surface area contributed by atoms with Crippen LogP contribution in [-0.4, -0.2) is 24.5 Å². The summed E-state index contributed by atoms with van der Waals surface area (Å²) in [6, 6.07) is 2.14. The number of nitrogens with one attached hydrogen (secondary N) is 1. The molecule has 1 aromatic heterocycles. The number of nitrogens with zero attached hydrogens (tertiary/aromatic N) is 1. The van der Waals surface area contributed by atoms with Gasteiger partial charge in [0.15, 0.2) is 0 Å². The van der Waals surface area contributed by atoms with Gasteiger partial charge in [0.2, 0.25) is 0 Å². The third-order valence-corrected chi connectivity index (χ3v) is 4.12. The number of rotatable bonds is 7. The fraction of sp³-hybridized carbons (Fsp3) is 0.750. The Morgan fingerprint density at radius 3 is 3.11 bits per heavy atom. The second-order valence-electron chi connectivity index (χ2n) is 5.70. The number of hydrogen-bond acceptors (Lipinski definition) is 3. The van der Waals surface area contributed by atoms with Crippen LogP contribution in [-0.2, 0) is 13.1 Å². The number of hydrogen-bond donors (Lipinski definition) is 1. The van der Waals surface area contributed by atoms with E-state index >= 15 is 0 Å². The van der Waals surface area contributed by atoms with Crippen LogP contribution in [0.5, 0.6) is 0 Å². The minimum Gasteiger partial charge on any atom is -0.468 e. The molecular formula is C16H28N2O. The van der Waals surface area contributed by atoms with E-state index in [1.54, 1.807) is 0 Å². The molecule has 108 valence electrons. The molecule has 1 aliphatic heterocycles. The molecule has 2 heterocycles. The molecule has 1 unspecified atom stereocenters. The highest BCUT2D eigenvalue weighted by Crippen LogP contribution is 2.22. The van der Waals surface area contributed by atoms with E-state index in [1.165, 1.54) is 44.3 Å². The van der Waals surface area contributed by atoms with Crippen LogP contribution in [0.4, 0.5) is 0 Å². The average Bonchev–Trinajstić information content (AvgIpc) is 2.87. The number of likely N-dealkylation sites (tertiary alicyclic amines) is 1. The van der Waals surface area contributed by atoms with E-state index in [9.17, 15) is 0 Å². The summed E-state index contributed by atoms with van der Waals surface area (Å²) in [7, 11) is 0. The molecule has 1 atom stereocenters. The summed E-state index contributed by atoms with van der Waals surface area (Å²) >= 11 is 0. The predicted molar refractivity (Wildman–Crippen MR) is 79.0 cm³/mol. The fourth-order valence-electron chi connectivity index (χ4n) is 2.91. The number of furan rings is 1. The van der Waals surface area contributed by atoms with E-state index in [4.69, 9.17) is 4.42 Å². The van der Waals surface area contributed by atoms with Gasteiger partial charge in [-0.05, 0) is 44.3 Å². The van der Waals surface area contributed by atoms with Gasteiger partial charge in [0, 0.05) is 18.7 Å².